The van der Waals surface area contributed by atoms with Crippen LogP contribution >= 0.6 is 0 Å². The summed E-state index contributed by atoms with van der Waals surface area (Å²) in [5.74, 6) is -2.35. The summed E-state index contributed by atoms with van der Waals surface area (Å²) in [6, 6.07) is 45.9. The molecule has 47 heavy (non-hydrogen) atoms. The molecule has 1 N–H and O–H groups in total. The lowest BCUT2D eigenvalue weighted by Crippen LogP contribution is -2.31. The number of benzene rings is 6. The zero-order valence-corrected chi connectivity index (χ0v) is 26.4. The molecule has 6 rings (SSSR count). The van der Waals surface area contributed by atoms with Gasteiger partial charge in [-0.2, -0.15) is 0 Å². The lowest BCUT2D eigenvalue weighted by atomic mass is 9.92. The van der Waals surface area contributed by atoms with E-state index in [0.717, 1.165) is 33.0 Å². The molecule has 0 saturated heterocycles. The molecule has 0 aromatic heterocycles. The van der Waals surface area contributed by atoms with Crippen LogP contribution in [0, 0.1) is 5.92 Å². The summed E-state index contributed by atoms with van der Waals surface area (Å²) in [5, 5.41) is 11.6. The van der Waals surface area contributed by atoms with E-state index >= 15 is 0 Å². The highest BCUT2D eigenvalue weighted by Gasteiger charge is 2.28. The zero-order chi connectivity index (χ0) is 32.8. The molecule has 0 aliphatic carbocycles. The Kier molecular flexibility index (Phi) is 9.27. The Morgan fingerprint density at radius 2 is 1.26 bits per heavy atom. The van der Waals surface area contributed by atoms with Crippen molar-refractivity contribution >= 4 is 38.2 Å². The van der Waals surface area contributed by atoms with Crippen molar-refractivity contribution in [2.24, 2.45) is 5.92 Å². The van der Waals surface area contributed by atoms with Crippen LogP contribution in [0.3, 0.4) is 0 Å². The summed E-state index contributed by atoms with van der Waals surface area (Å²) in [4.78, 5) is 25.7. The molecule has 0 spiro atoms. The third-order valence-corrected chi connectivity index (χ3v) is 10.0. The van der Waals surface area contributed by atoms with Gasteiger partial charge >= 0.3 is 5.97 Å². The second kappa shape index (κ2) is 13.8. The van der Waals surface area contributed by atoms with E-state index in [1.165, 1.54) is 4.31 Å². The molecule has 234 valence electrons. The molecule has 0 aliphatic rings. The monoisotopic (exact) mass is 639 g/mol. The van der Waals surface area contributed by atoms with Crippen molar-refractivity contribution in [2.75, 3.05) is 4.31 Å². The number of anilines is 1. The van der Waals surface area contributed by atoms with Gasteiger partial charge in [0.2, 0.25) is 0 Å². The molecule has 0 aliphatic heterocycles. The smallest absolute Gasteiger partial charge is 0.307 e. The van der Waals surface area contributed by atoms with E-state index in [1.54, 1.807) is 42.5 Å². The van der Waals surface area contributed by atoms with Gasteiger partial charge in [0, 0.05) is 12.0 Å². The first-order chi connectivity index (χ1) is 22.8. The highest BCUT2D eigenvalue weighted by atomic mass is 32.2. The maximum Gasteiger partial charge on any atom is 0.307 e. The number of fused-ring (bicyclic) bond motifs is 1. The molecule has 6 nitrogen and oxygen atoms in total. The minimum Gasteiger partial charge on any atom is -0.481 e. The summed E-state index contributed by atoms with van der Waals surface area (Å²) in [6.45, 7) is 0.0215. The summed E-state index contributed by atoms with van der Waals surface area (Å²) in [7, 11) is -4.10. The first-order valence-electron chi connectivity index (χ1n) is 15.3. The van der Waals surface area contributed by atoms with Crippen LogP contribution in [-0.2, 0) is 27.8 Å². The molecule has 0 heterocycles. The van der Waals surface area contributed by atoms with E-state index in [4.69, 9.17) is 0 Å². The van der Waals surface area contributed by atoms with Crippen molar-refractivity contribution < 1.29 is 23.1 Å². The molecule has 0 saturated carbocycles. The zero-order valence-electron chi connectivity index (χ0n) is 25.6. The SMILES string of the molecule is O=C(CC(Cc1ccccc1)C(=O)O)c1cccc(N(Cc2ccc(-c3ccccc3)cc2)S(=O)(=O)c2ccc3ccccc3c2)c1. The second-order valence-electron chi connectivity index (χ2n) is 11.5. The number of carbonyl (C=O) groups excluding carboxylic acids is 1. The number of hydrogen-bond donors (Lipinski definition) is 1. The average Bonchev–Trinajstić information content (AvgIpc) is 3.11. The summed E-state index contributed by atoms with van der Waals surface area (Å²) < 4.78 is 30.1. The van der Waals surface area contributed by atoms with Crippen LogP contribution in [0.5, 0.6) is 0 Å². The van der Waals surface area contributed by atoms with Gasteiger partial charge in [0.1, 0.15) is 0 Å². The van der Waals surface area contributed by atoms with Crippen molar-refractivity contribution in [3.8, 4) is 11.1 Å². The fourth-order valence-electron chi connectivity index (χ4n) is 5.69. The fourth-order valence-corrected chi connectivity index (χ4v) is 7.17. The first kappa shape index (κ1) is 31.5. The van der Waals surface area contributed by atoms with Crippen molar-refractivity contribution in [2.45, 2.75) is 24.3 Å². The van der Waals surface area contributed by atoms with E-state index in [2.05, 4.69) is 0 Å². The van der Waals surface area contributed by atoms with Gasteiger partial charge in [0.15, 0.2) is 5.78 Å². The van der Waals surface area contributed by atoms with Gasteiger partial charge in [0.25, 0.3) is 10.0 Å². The fraction of sp³-hybridized carbons (Fsp3) is 0.100. The Morgan fingerprint density at radius 1 is 0.617 bits per heavy atom. The molecule has 6 aromatic rings. The van der Waals surface area contributed by atoms with Gasteiger partial charge in [-0.15, -0.1) is 0 Å². The highest BCUT2D eigenvalue weighted by molar-refractivity contribution is 7.92. The molecular formula is C40H33NO5S. The number of Topliss-reactive ketones (excluding diaryl/α,β-unsaturated/α-hetero) is 1. The van der Waals surface area contributed by atoms with Crippen LogP contribution in [-0.4, -0.2) is 25.3 Å². The Balaban J connectivity index is 1.34. The summed E-state index contributed by atoms with van der Waals surface area (Å²) in [6.07, 6.45) is -0.00486. The molecule has 0 bridgehead atoms. The number of sulfonamides is 1. The first-order valence-corrected chi connectivity index (χ1v) is 16.8. The van der Waals surface area contributed by atoms with Crippen molar-refractivity contribution in [1.29, 1.82) is 0 Å². The number of hydrogen-bond acceptors (Lipinski definition) is 4. The van der Waals surface area contributed by atoms with E-state index in [0.29, 0.717) is 5.69 Å². The molecule has 0 amide bonds. The number of nitrogens with zero attached hydrogens (tertiary/aromatic N) is 1. The van der Waals surface area contributed by atoms with Crippen LogP contribution in [0.15, 0.2) is 157 Å². The lowest BCUT2D eigenvalue weighted by molar-refractivity contribution is -0.141. The molecule has 1 atom stereocenters. The summed E-state index contributed by atoms with van der Waals surface area (Å²) >= 11 is 0. The number of rotatable bonds is 12. The topological polar surface area (TPSA) is 91.8 Å². The number of ketones is 1. The third-order valence-electron chi connectivity index (χ3n) is 8.26. The van der Waals surface area contributed by atoms with Gasteiger partial charge in [0.05, 0.1) is 23.0 Å². The van der Waals surface area contributed by atoms with Crippen LogP contribution in [0.4, 0.5) is 5.69 Å². The molecular weight excluding hydrogens is 607 g/mol. The largest absolute Gasteiger partial charge is 0.481 e. The maximum absolute atomic E-state index is 14.4. The van der Waals surface area contributed by atoms with Crippen LogP contribution in [0.25, 0.3) is 21.9 Å². The van der Waals surface area contributed by atoms with E-state index in [1.807, 2.05) is 109 Å². The predicted molar refractivity (Wildman–Crippen MR) is 186 cm³/mol. The van der Waals surface area contributed by atoms with Gasteiger partial charge in [-0.05, 0) is 63.7 Å². The Morgan fingerprint density at radius 3 is 1.96 bits per heavy atom. The maximum atomic E-state index is 14.4. The van der Waals surface area contributed by atoms with Gasteiger partial charge in [-0.1, -0.05) is 127 Å². The lowest BCUT2D eigenvalue weighted by Gasteiger charge is -2.25. The number of carbonyl (C=O) groups is 2. The van der Waals surface area contributed by atoms with E-state index in [9.17, 15) is 23.1 Å². The van der Waals surface area contributed by atoms with Crippen LogP contribution in [0.1, 0.15) is 27.9 Å². The molecule has 0 fully saturated rings. The minimum absolute atomic E-state index is 0.0215. The highest BCUT2D eigenvalue weighted by Crippen LogP contribution is 2.30. The Bertz CT molecular complexity index is 2130. The minimum atomic E-state index is -4.10. The molecule has 6 aromatic carbocycles. The third kappa shape index (κ3) is 7.32. The van der Waals surface area contributed by atoms with Gasteiger partial charge < -0.3 is 5.11 Å². The quantitative estimate of drug-likeness (QED) is 0.136. The standard InChI is InChI=1S/C40H33NO5S/c42-39(27-36(40(43)44)24-29-10-3-1-4-11-29)35-16-9-17-37(25-35)41(28-30-18-20-33(21-19-30)31-12-5-2-6-13-31)47(45,46)38-23-22-32-14-7-8-15-34(32)26-38/h1-23,25-26,36H,24,27-28H2,(H,43,44). The number of carboxylic acids is 1. The van der Waals surface area contributed by atoms with E-state index in [-0.39, 0.29) is 35.6 Å². The Labute approximate surface area is 274 Å². The molecule has 7 heteroatoms. The normalized spacial score (nSPS) is 12.0. The average molecular weight is 640 g/mol. The number of aliphatic carboxylic acids is 1. The molecule has 0 radical (unpaired) electrons. The van der Waals surface area contributed by atoms with E-state index < -0.39 is 21.9 Å². The van der Waals surface area contributed by atoms with Crippen molar-refractivity contribution in [3.63, 3.8) is 0 Å². The van der Waals surface area contributed by atoms with Crippen LogP contribution < -0.4 is 4.31 Å². The van der Waals surface area contributed by atoms with Gasteiger partial charge in [-0.3, -0.25) is 13.9 Å². The molecule has 1 unspecified atom stereocenters. The Hall–Kier alpha value is -5.53. The predicted octanol–water partition coefficient (Wildman–Crippen LogP) is 8.42. The van der Waals surface area contributed by atoms with Crippen LogP contribution in [0.2, 0.25) is 0 Å². The van der Waals surface area contributed by atoms with Crippen molar-refractivity contribution in [3.05, 3.63) is 168 Å². The summed E-state index contributed by atoms with van der Waals surface area (Å²) in [5.41, 5.74) is 4.21. The van der Waals surface area contributed by atoms with Crippen molar-refractivity contribution in [1.82, 2.24) is 0 Å². The second-order valence-corrected chi connectivity index (χ2v) is 13.3. The van der Waals surface area contributed by atoms with Gasteiger partial charge in [-0.25, -0.2) is 8.42 Å². The number of carboxylic acid groups (broad SMARTS) is 1.